The highest BCUT2D eigenvalue weighted by Crippen LogP contribution is 2.34. The largest absolute Gasteiger partial charge is 0.444 e. The maximum Gasteiger partial charge on any atom is 0.410 e. The average Bonchev–Trinajstić information content (AvgIpc) is 3.01. The lowest BCUT2D eigenvalue weighted by molar-refractivity contribution is 0.0223. The van der Waals surface area contributed by atoms with Crippen molar-refractivity contribution in [2.45, 2.75) is 71.4 Å². The molecule has 3 unspecified atom stereocenters. The molecule has 0 fully saturated rings. The van der Waals surface area contributed by atoms with Crippen LogP contribution in [0.2, 0.25) is 0 Å². The summed E-state index contributed by atoms with van der Waals surface area (Å²) >= 11 is 0. The Labute approximate surface area is 152 Å². The van der Waals surface area contributed by atoms with Crippen molar-refractivity contribution < 1.29 is 19.5 Å². The molecule has 3 aliphatic heterocycles. The van der Waals surface area contributed by atoms with Gasteiger partial charge in [-0.2, -0.15) is 5.10 Å². The van der Waals surface area contributed by atoms with E-state index in [-0.39, 0.29) is 18.1 Å². The average molecular weight is 362 g/mol. The number of carbonyl (C=O) groups excluding carboxylic acids is 1. The second kappa shape index (κ2) is 5.97. The molecule has 3 aliphatic rings. The van der Waals surface area contributed by atoms with Gasteiger partial charge < -0.3 is 19.6 Å². The monoisotopic (exact) mass is 362 g/mol. The summed E-state index contributed by atoms with van der Waals surface area (Å²) in [6.45, 7) is 9.02. The lowest BCUT2D eigenvalue weighted by atomic mass is 9.89. The number of nitrogens with zero attached hydrogens (tertiary/aromatic N) is 4. The molecule has 142 valence electrons. The molecule has 4 rings (SSSR count). The van der Waals surface area contributed by atoms with Crippen LogP contribution in [-0.2, 0) is 29.1 Å². The Morgan fingerprint density at radius 3 is 2.88 bits per heavy atom. The topological polar surface area (TPSA) is 89.2 Å². The zero-order valence-corrected chi connectivity index (χ0v) is 15.7. The van der Waals surface area contributed by atoms with Crippen LogP contribution in [0.4, 0.5) is 4.79 Å². The van der Waals surface area contributed by atoms with Crippen molar-refractivity contribution in [1.29, 1.82) is 0 Å². The second-order valence-corrected chi connectivity index (χ2v) is 8.39. The number of oxime groups is 1. The number of amides is 1. The van der Waals surface area contributed by atoms with E-state index in [9.17, 15) is 9.90 Å². The number of ether oxygens (including phenoxy) is 1. The predicted molar refractivity (Wildman–Crippen MR) is 93.8 cm³/mol. The maximum absolute atomic E-state index is 12.5. The normalized spacial score (nSPS) is 27.7. The van der Waals surface area contributed by atoms with Gasteiger partial charge in [0.05, 0.1) is 30.6 Å². The van der Waals surface area contributed by atoms with Gasteiger partial charge in [0, 0.05) is 24.4 Å². The Bertz CT molecular complexity index is 764. The molecule has 3 atom stereocenters. The highest BCUT2D eigenvalue weighted by molar-refractivity contribution is 6.03. The molecule has 1 N–H and O–H groups in total. The number of hydrogen-bond donors (Lipinski definition) is 1. The summed E-state index contributed by atoms with van der Waals surface area (Å²) in [5, 5.41) is 19.4. The van der Waals surface area contributed by atoms with Crippen molar-refractivity contribution in [2.24, 2.45) is 11.1 Å². The first kappa shape index (κ1) is 17.3. The first-order valence-electron chi connectivity index (χ1n) is 9.21. The molecule has 8 nitrogen and oxygen atoms in total. The van der Waals surface area contributed by atoms with Crippen LogP contribution in [0.25, 0.3) is 0 Å². The van der Waals surface area contributed by atoms with Crippen LogP contribution in [0, 0.1) is 5.92 Å². The third-order valence-corrected chi connectivity index (χ3v) is 5.14. The van der Waals surface area contributed by atoms with Crippen molar-refractivity contribution in [3.8, 4) is 0 Å². The van der Waals surface area contributed by atoms with E-state index < -0.39 is 11.7 Å². The molecule has 1 aromatic heterocycles. The summed E-state index contributed by atoms with van der Waals surface area (Å²) in [6.07, 6.45) is 0.403. The van der Waals surface area contributed by atoms with Crippen molar-refractivity contribution in [3.05, 3.63) is 17.0 Å². The fourth-order valence-electron chi connectivity index (χ4n) is 3.92. The van der Waals surface area contributed by atoms with E-state index in [1.54, 1.807) is 4.90 Å². The van der Waals surface area contributed by atoms with Gasteiger partial charge in [0.15, 0.2) is 0 Å². The zero-order valence-electron chi connectivity index (χ0n) is 15.7. The molecule has 1 aromatic rings. The van der Waals surface area contributed by atoms with Crippen LogP contribution in [0.15, 0.2) is 5.16 Å². The van der Waals surface area contributed by atoms with E-state index in [1.807, 2.05) is 32.4 Å². The molecule has 0 radical (unpaired) electrons. The minimum Gasteiger partial charge on any atom is -0.444 e. The van der Waals surface area contributed by atoms with Gasteiger partial charge in [0.25, 0.3) is 0 Å². The highest BCUT2D eigenvalue weighted by atomic mass is 16.6. The van der Waals surface area contributed by atoms with E-state index in [2.05, 4.69) is 5.16 Å². The maximum atomic E-state index is 12.5. The SMILES string of the molecule is CC1ON=C2c3c4c(nn3CC(O)CC21)CCN(C(=O)OC(C)(C)C)C4. The summed E-state index contributed by atoms with van der Waals surface area (Å²) < 4.78 is 7.36. The minimum atomic E-state index is -0.526. The highest BCUT2D eigenvalue weighted by Gasteiger charge is 2.41. The Kier molecular flexibility index (Phi) is 3.98. The van der Waals surface area contributed by atoms with Crippen LogP contribution in [0.5, 0.6) is 0 Å². The molecule has 0 aliphatic carbocycles. The van der Waals surface area contributed by atoms with Crippen LogP contribution in [-0.4, -0.2) is 55.9 Å². The Morgan fingerprint density at radius 1 is 1.38 bits per heavy atom. The number of hydrogen-bond acceptors (Lipinski definition) is 6. The fraction of sp³-hybridized carbons (Fsp3) is 0.722. The van der Waals surface area contributed by atoms with Crippen LogP contribution in [0.1, 0.15) is 51.1 Å². The zero-order chi connectivity index (χ0) is 18.6. The number of aliphatic hydroxyl groups excluding tert-OH is 1. The first-order valence-corrected chi connectivity index (χ1v) is 9.21. The third-order valence-electron chi connectivity index (χ3n) is 5.14. The van der Waals surface area contributed by atoms with Gasteiger partial charge in [-0.3, -0.25) is 4.68 Å². The van der Waals surface area contributed by atoms with Crippen LogP contribution < -0.4 is 0 Å². The molecule has 0 spiro atoms. The van der Waals surface area contributed by atoms with E-state index in [0.717, 1.165) is 22.7 Å². The van der Waals surface area contributed by atoms with E-state index >= 15 is 0 Å². The molecule has 0 saturated heterocycles. The van der Waals surface area contributed by atoms with Gasteiger partial charge in [-0.1, -0.05) is 5.16 Å². The van der Waals surface area contributed by atoms with E-state index in [4.69, 9.17) is 14.7 Å². The van der Waals surface area contributed by atoms with Gasteiger partial charge in [0.1, 0.15) is 17.4 Å². The Morgan fingerprint density at radius 2 is 2.15 bits per heavy atom. The molecule has 4 heterocycles. The van der Waals surface area contributed by atoms with Gasteiger partial charge in [0.2, 0.25) is 0 Å². The number of aliphatic hydroxyl groups is 1. The number of carbonyl (C=O) groups is 1. The smallest absolute Gasteiger partial charge is 0.410 e. The Balaban J connectivity index is 1.67. The van der Waals surface area contributed by atoms with E-state index in [1.165, 1.54) is 0 Å². The minimum absolute atomic E-state index is 0.0453. The summed E-state index contributed by atoms with van der Waals surface area (Å²) in [4.78, 5) is 19.7. The van der Waals surface area contributed by atoms with Crippen molar-refractivity contribution in [2.75, 3.05) is 6.54 Å². The number of rotatable bonds is 0. The second-order valence-electron chi connectivity index (χ2n) is 8.39. The molecular formula is C18H26N4O4. The summed E-state index contributed by atoms with van der Waals surface area (Å²) in [6, 6.07) is 0. The fourth-order valence-corrected chi connectivity index (χ4v) is 3.92. The summed E-state index contributed by atoms with van der Waals surface area (Å²) in [7, 11) is 0. The van der Waals surface area contributed by atoms with Crippen LogP contribution in [0.3, 0.4) is 0 Å². The molecule has 8 heteroatoms. The number of aromatic nitrogens is 2. The van der Waals surface area contributed by atoms with Crippen molar-refractivity contribution in [3.63, 3.8) is 0 Å². The van der Waals surface area contributed by atoms with E-state index in [0.29, 0.717) is 32.5 Å². The standard InChI is InChI=1S/C18H26N4O4/c1-10-12-7-11(23)8-22-16(15(12)20-26-10)13-9-21(6-5-14(13)19-22)17(24)25-18(2,3)4/h10-12,23H,5-9H2,1-4H3. The lowest BCUT2D eigenvalue weighted by Gasteiger charge is -2.30. The molecule has 0 bridgehead atoms. The van der Waals surface area contributed by atoms with Gasteiger partial charge in [-0.25, -0.2) is 4.79 Å². The molecule has 0 aromatic carbocycles. The lowest BCUT2D eigenvalue weighted by Crippen LogP contribution is -2.40. The molecule has 0 saturated carbocycles. The van der Waals surface area contributed by atoms with Crippen LogP contribution >= 0.6 is 0 Å². The third kappa shape index (κ3) is 2.96. The first-order chi connectivity index (χ1) is 12.2. The molecular weight excluding hydrogens is 336 g/mol. The van der Waals surface area contributed by atoms with Gasteiger partial charge in [-0.05, 0) is 34.1 Å². The molecule has 26 heavy (non-hydrogen) atoms. The van der Waals surface area contributed by atoms with Gasteiger partial charge in [-0.15, -0.1) is 0 Å². The van der Waals surface area contributed by atoms with Crippen molar-refractivity contribution in [1.82, 2.24) is 14.7 Å². The summed E-state index contributed by atoms with van der Waals surface area (Å²) in [5.74, 6) is 0.0453. The molecule has 1 amide bonds. The quantitative estimate of drug-likeness (QED) is 0.758. The predicted octanol–water partition coefficient (Wildman–Crippen LogP) is 1.68. The van der Waals surface area contributed by atoms with Gasteiger partial charge >= 0.3 is 6.09 Å². The summed E-state index contributed by atoms with van der Waals surface area (Å²) in [5.41, 5.74) is 3.18. The Hall–Kier alpha value is -2.09. The van der Waals surface area contributed by atoms with Crippen molar-refractivity contribution >= 4 is 11.8 Å². The number of fused-ring (bicyclic) bond motifs is 5.